The molecule has 12 aromatic rings. The third-order valence-corrected chi connectivity index (χ3v) is 18.2. The normalized spacial score (nSPS) is 15.9. The van der Waals surface area contributed by atoms with E-state index in [-0.39, 0.29) is 52.2 Å². The van der Waals surface area contributed by atoms with Crippen LogP contribution in [0.25, 0.3) is 56.5 Å². The Bertz CT molecular complexity index is 5200. The van der Waals surface area contributed by atoms with Gasteiger partial charge in [0, 0.05) is 86.8 Å². The molecule has 0 aromatic carbocycles. The van der Waals surface area contributed by atoms with Gasteiger partial charge in [0.25, 0.3) is 5.95 Å². The second-order valence-electron chi connectivity index (χ2n) is 32.1. The number of carbonyl (C=O) groups excluding carboxylic acids is 4. The van der Waals surface area contributed by atoms with Gasteiger partial charge in [-0.15, -0.1) is 5.10 Å². The number of nitrogens with zero attached hydrogens (tertiary/aromatic N) is 18. The summed E-state index contributed by atoms with van der Waals surface area (Å²) in [4.78, 5) is 95.0. The van der Waals surface area contributed by atoms with Gasteiger partial charge >= 0.3 is 0 Å². The number of amides is 4. The van der Waals surface area contributed by atoms with Crippen LogP contribution in [0.2, 0.25) is 0 Å². The fraction of sp³-hybridized carbons (Fsp3) is 0.468. The van der Waals surface area contributed by atoms with Crippen molar-refractivity contribution < 1.29 is 37.6 Å². The van der Waals surface area contributed by atoms with Gasteiger partial charge in [0.2, 0.25) is 65.1 Å². The Morgan fingerprint density at radius 2 is 1.04 bits per heavy atom. The van der Waals surface area contributed by atoms with Crippen LogP contribution in [0.1, 0.15) is 193 Å². The topological polar surface area (TPSA) is 356 Å². The van der Waals surface area contributed by atoms with Gasteiger partial charge < -0.3 is 14.0 Å². The fourth-order valence-electron chi connectivity index (χ4n) is 12.8. The number of rotatable bonds is 19. The van der Waals surface area contributed by atoms with Crippen LogP contribution >= 0.6 is 0 Å². The number of anilines is 4. The molecular weight excluding hydrogens is 1380 g/mol. The number of imidazole rings is 4. The number of H-pyrrole nitrogens is 1. The molecule has 31 heteroatoms. The highest BCUT2D eigenvalue weighted by Gasteiger charge is 2.41. The summed E-state index contributed by atoms with van der Waals surface area (Å²) in [5.41, 5.74) is 8.30. The number of aryl methyl sites for hydroxylation is 5. The van der Waals surface area contributed by atoms with Crippen molar-refractivity contribution >= 4 is 92.1 Å². The Morgan fingerprint density at radius 3 is 1.48 bits per heavy atom. The number of aromatic nitrogens is 19. The van der Waals surface area contributed by atoms with E-state index in [9.17, 15) is 23.6 Å². The lowest BCUT2D eigenvalue weighted by Crippen LogP contribution is -2.38. The fourth-order valence-corrected chi connectivity index (χ4v) is 12.8. The van der Waals surface area contributed by atoms with Crippen molar-refractivity contribution in [3.63, 3.8) is 0 Å². The van der Waals surface area contributed by atoms with Crippen molar-refractivity contribution in [3.8, 4) is 23.6 Å². The van der Waals surface area contributed by atoms with Crippen molar-refractivity contribution in [2.45, 2.75) is 205 Å². The summed E-state index contributed by atoms with van der Waals surface area (Å²) in [6.07, 6.45) is 12.5. The quantitative estimate of drug-likeness (QED) is 0.0502. The number of alkyl halides is 1. The van der Waals surface area contributed by atoms with Crippen LogP contribution in [0, 0.1) is 49.9 Å². The first-order valence-corrected chi connectivity index (χ1v) is 36.6. The molecule has 0 saturated heterocycles. The Hall–Kier alpha value is -11.4. The molecule has 0 atom stereocenters. The van der Waals surface area contributed by atoms with Gasteiger partial charge in [0.1, 0.15) is 46.8 Å². The monoisotopic (exact) mass is 1470 g/mol. The van der Waals surface area contributed by atoms with Gasteiger partial charge in [-0.25, -0.2) is 43.4 Å². The lowest BCUT2D eigenvalue weighted by Gasteiger charge is -2.38. The highest BCUT2D eigenvalue weighted by Crippen LogP contribution is 2.43. The zero-order chi connectivity index (χ0) is 77.0. The van der Waals surface area contributed by atoms with Crippen LogP contribution in [0.3, 0.4) is 0 Å². The van der Waals surface area contributed by atoms with Crippen molar-refractivity contribution in [1.82, 2.24) is 93.2 Å². The average Bonchev–Trinajstić information content (AvgIpc) is 1.64. The Balaban J connectivity index is 0.000000135. The molecule has 3 saturated carbocycles. The molecule has 15 rings (SSSR count). The summed E-state index contributed by atoms with van der Waals surface area (Å²) in [5, 5.41) is 26.7. The van der Waals surface area contributed by atoms with E-state index in [0.717, 1.165) is 70.8 Å². The molecule has 3 aliphatic rings. The smallest absolute Gasteiger partial charge is 0.257 e. The van der Waals surface area contributed by atoms with Crippen molar-refractivity contribution in [2.75, 3.05) is 21.3 Å². The number of hydrogen-bond donors (Lipinski definition) is 5. The third-order valence-electron chi connectivity index (χ3n) is 18.2. The molecule has 0 radical (unpaired) electrons. The summed E-state index contributed by atoms with van der Waals surface area (Å²) >= 11 is 0. The largest absolute Gasteiger partial charge is 0.471 e. The van der Waals surface area contributed by atoms with Crippen LogP contribution in [0.15, 0.2) is 95.8 Å². The molecule has 108 heavy (non-hydrogen) atoms. The first-order chi connectivity index (χ1) is 51.2. The Labute approximate surface area is 624 Å². The number of ether oxygens (including phenoxy) is 2. The maximum Gasteiger partial charge on any atom is 0.257 e. The zero-order valence-corrected chi connectivity index (χ0v) is 64.1. The number of nitrogens with one attached hydrogen (secondary N) is 5. The predicted molar refractivity (Wildman–Crippen MR) is 407 cm³/mol. The molecule has 12 heterocycles. The minimum atomic E-state index is -1.14. The van der Waals surface area contributed by atoms with Gasteiger partial charge in [-0.1, -0.05) is 73.5 Å². The SMILES string of the molecule is CC(C)(C)CC(=O)Nc1nc2ccc(OCc3ccccn3)nc2n1C1CCC1.Cc1cc(-n2c(NC(=O)CC3CC(C)(F)C3)nc3ccc(C)nc32)on1.Cc1ccc2nc(NC(=O)CC(C)(C)C)n(-c3n[nH]c(C)n3)c2n1.Cn1nccc1COc1ccc2nc(NC(=O)CC(C)(C)C)n(C3CCC3)c2n1. The van der Waals surface area contributed by atoms with E-state index in [1.807, 2.05) is 149 Å². The molecule has 3 fully saturated rings. The van der Waals surface area contributed by atoms with Crippen LogP contribution in [-0.2, 0) is 39.4 Å². The van der Waals surface area contributed by atoms with Crippen molar-refractivity contribution in [1.29, 1.82) is 0 Å². The van der Waals surface area contributed by atoms with Gasteiger partial charge in [0.05, 0.1) is 17.1 Å². The molecule has 5 N–H and O–H groups in total. The van der Waals surface area contributed by atoms with E-state index in [4.69, 9.17) is 24.0 Å². The van der Waals surface area contributed by atoms with Crippen LogP contribution in [0.5, 0.6) is 11.8 Å². The molecule has 568 valence electrons. The van der Waals surface area contributed by atoms with E-state index < -0.39 is 5.67 Å². The summed E-state index contributed by atoms with van der Waals surface area (Å²) in [5.74, 6) is 4.11. The molecular formula is C77H96FN23O7. The lowest BCUT2D eigenvalue weighted by molar-refractivity contribution is -0.119. The zero-order valence-electron chi connectivity index (χ0n) is 64.1. The molecule has 0 unspecified atom stereocenters. The minimum absolute atomic E-state index is 0.0268. The van der Waals surface area contributed by atoms with Crippen LogP contribution in [-0.4, -0.2) is 123 Å². The lowest BCUT2D eigenvalue weighted by atomic mass is 9.72. The number of hydrogen-bond acceptors (Lipinski definition) is 20. The van der Waals surface area contributed by atoms with E-state index >= 15 is 0 Å². The van der Waals surface area contributed by atoms with Gasteiger partial charge in [0.15, 0.2) is 22.6 Å². The molecule has 12 aromatic heterocycles. The summed E-state index contributed by atoms with van der Waals surface area (Å²) < 4.78 is 39.9. The highest BCUT2D eigenvalue weighted by atomic mass is 19.1. The van der Waals surface area contributed by atoms with Crippen molar-refractivity contribution in [3.05, 3.63) is 126 Å². The molecule has 3 aliphatic carbocycles. The Morgan fingerprint density at radius 1 is 0.556 bits per heavy atom. The highest BCUT2D eigenvalue weighted by molar-refractivity contribution is 5.94. The maximum atomic E-state index is 13.6. The second-order valence-corrected chi connectivity index (χ2v) is 32.1. The molecule has 0 aliphatic heterocycles. The number of aromatic amines is 1. The van der Waals surface area contributed by atoms with E-state index in [2.05, 4.69) is 111 Å². The van der Waals surface area contributed by atoms with Gasteiger partial charge in [-0.2, -0.15) is 20.1 Å². The molecule has 30 nitrogen and oxygen atoms in total. The molecule has 0 bridgehead atoms. The average molecular weight is 1470 g/mol. The van der Waals surface area contributed by atoms with Gasteiger partial charge in [-0.05, 0) is 163 Å². The van der Waals surface area contributed by atoms with Crippen LogP contribution < -0.4 is 30.7 Å². The van der Waals surface area contributed by atoms with E-state index in [1.165, 1.54) is 12.8 Å². The van der Waals surface area contributed by atoms with E-state index in [0.29, 0.717) is 139 Å². The third kappa shape index (κ3) is 19.2. The number of carbonyl (C=O) groups is 4. The number of halogens is 1. The summed E-state index contributed by atoms with van der Waals surface area (Å²) in [6.45, 7) is 28.1. The second kappa shape index (κ2) is 31.6. The van der Waals surface area contributed by atoms with E-state index in [1.54, 1.807) is 39.2 Å². The molecule has 0 spiro atoms. The molecule has 4 amide bonds. The van der Waals surface area contributed by atoms with Gasteiger partial charge in [-0.3, -0.25) is 64.3 Å². The minimum Gasteiger partial charge on any atom is -0.471 e. The first kappa shape index (κ1) is 76.3. The van der Waals surface area contributed by atoms with Crippen LogP contribution in [0.4, 0.5) is 28.2 Å². The number of fused-ring (bicyclic) bond motifs is 4. The Kier molecular flexibility index (Phi) is 22.3. The standard InChI is InChI=1S/C22H27N5O2.C21H28N6O2.C18H20FN5O2.C16H21N7O/c1-22(2,3)13-18(28)25-21-24-17-10-11-19(29-14-15-7-4-5-12-23-15)26-20(17)27(21)16-8-6-9-16;1-21(2,3)12-17(28)24-20-23-16-8-9-18(29-13-15-10-11-22-26(15)4)25-19(16)27(20)14-6-5-7-14;1-10-4-5-13-16(20-10)24(15-6-11(2)23-26-15)17(21-13)22-14(25)7-12-8-18(3,19)9-12;1-9-6-7-11-13(17-9)23(15-18-10(2)21-22-15)14(19-11)20-12(24)8-16(3,4)5/h4-5,7,10-12,16H,6,8-9,13-14H2,1-3H3,(H,24,25,28);8-11,14H,5-7,12-13H2,1-4H3,(H,23,24,28);4-6,12H,7-9H2,1-3H3,(H,21,22,25);6-7H,8H2,1-5H3,(H,18,21,22)(H,19,20,24). The predicted octanol–water partition coefficient (Wildman–Crippen LogP) is 14.4. The maximum absolute atomic E-state index is 13.6. The number of pyridine rings is 5. The van der Waals surface area contributed by atoms with Crippen molar-refractivity contribution in [2.24, 2.45) is 29.2 Å². The summed E-state index contributed by atoms with van der Waals surface area (Å²) in [7, 11) is 1.88. The summed E-state index contributed by atoms with van der Waals surface area (Å²) in [6, 6.07) is 24.9. The first-order valence-electron chi connectivity index (χ1n) is 36.6.